The minimum atomic E-state index is -0.611. The average Bonchev–Trinajstić information content (AvgIpc) is 3.08. The Kier molecular flexibility index (Phi) is 5.96. The Balaban J connectivity index is 1.62. The molecule has 0 fully saturated rings. The third-order valence-corrected chi connectivity index (χ3v) is 5.37. The fourth-order valence-electron chi connectivity index (χ4n) is 3.69. The largest absolute Gasteiger partial charge is 0.496 e. The van der Waals surface area contributed by atoms with E-state index in [9.17, 15) is 24.5 Å². The molecule has 1 aliphatic heterocycles. The summed E-state index contributed by atoms with van der Waals surface area (Å²) in [5.74, 6) is -0.958. The van der Waals surface area contributed by atoms with Crippen molar-refractivity contribution < 1.29 is 28.8 Å². The molecule has 4 rings (SSSR count). The number of imide groups is 1. The number of carbonyl (C=O) groups is 3. The van der Waals surface area contributed by atoms with Gasteiger partial charge in [-0.15, -0.1) is 0 Å². The predicted octanol–water partition coefficient (Wildman–Crippen LogP) is 3.66. The molecule has 0 aromatic heterocycles. The summed E-state index contributed by atoms with van der Waals surface area (Å²) in [7, 11) is 2.77. The molecule has 3 aromatic rings. The van der Waals surface area contributed by atoms with Crippen molar-refractivity contribution in [2.75, 3.05) is 19.5 Å². The van der Waals surface area contributed by atoms with Crippen LogP contribution in [0.2, 0.25) is 0 Å². The second kappa shape index (κ2) is 9.02. The molecule has 0 saturated carbocycles. The van der Waals surface area contributed by atoms with Gasteiger partial charge in [-0.3, -0.25) is 29.4 Å². The fourth-order valence-corrected chi connectivity index (χ4v) is 3.69. The highest BCUT2D eigenvalue weighted by Crippen LogP contribution is 2.31. The second-order valence-electron chi connectivity index (χ2n) is 7.37. The SMILES string of the molecule is COc1ccc([N+](=O)[O-])cc1NC(=O)c1cc(CN2C(=O)c3ccccc3C2=O)ccc1OC. The zero-order valence-electron chi connectivity index (χ0n) is 18.2. The predicted molar refractivity (Wildman–Crippen MR) is 121 cm³/mol. The minimum Gasteiger partial charge on any atom is -0.496 e. The van der Waals surface area contributed by atoms with E-state index in [0.717, 1.165) is 4.90 Å². The summed E-state index contributed by atoms with van der Waals surface area (Å²) in [6.45, 7) is -0.0449. The van der Waals surface area contributed by atoms with Crippen molar-refractivity contribution in [3.8, 4) is 11.5 Å². The molecular formula is C24H19N3O7. The van der Waals surface area contributed by atoms with E-state index in [1.54, 1.807) is 36.4 Å². The second-order valence-corrected chi connectivity index (χ2v) is 7.37. The summed E-state index contributed by atoms with van der Waals surface area (Å²) in [5, 5.41) is 13.7. The monoisotopic (exact) mass is 461 g/mol. The van der Waals surface area contributed by atoms with Crippen LogP contribution in [0.25, 0.3) is 0 Å². The van der Waals surface area contributed by atoms with Gasteiger partial charge in [0, 0.05) is 12.1 Å². The maximum Gasteiger partial charge on any atom is 0.271 e. The van der Waals surface area contributed by atoms with Gasteiger partial charge < -0.3 is 14.8 Å². The molecule has 0 unspecified atom stereocenters. The molecule has 0 atom stereocenters. The zero-order valence-corrected chi connectivity index (χ0v) is 18.2. The van der Waals surface area contributed by atoms with Crippen LogP contribution in [-0.4, -0.2) is 41.8 Å². The van der Waals surface area contributed by atoms with Crippen LogP contribution >= 0.6 is 0 Å². The first-order valence-corrected chi connectivity index (χ1v) is 10.1. The molecule has 1 aliphatic rings. The van der Waals surface area contributed by atoms with Crippen molar-refractivity contribution in [1.29, 1.82) is 0 Å². The third-order valence-electron chi connectivity index (χ3n) is 5.37. The van der Waals surface area contributed by atoms with Crippen molar-refractivity contribution >= 4 is 29.1 Å². The van der Waals surface area contributed by atoms with Crippen molar-refractivity contribution in [3.05, 3.63) is 93.0 Å². The van der Waals surface area contributed by atoms with Gasteiger partial charge in [0.2, 0.25) is 0 Å². The first-order chi connectivity index (χ1) is 16.3. The molecule has 10 nitrogen and oxygen atoms in total. The highest BCUT2D eigenvalue weighted by atomic mass is 16.6. The molecule has 3 amide bonds. The molecule has 34 heavy (non-hydrogen) atoms. The Morgan fingerprint density at radius 1 is 0.941 bits per heavy atom. The van der Waals surface area contributed by atoms with Crippen molar-refractivity contribution in [1.82, 2.24) is 4.90 Å². The average molecular weight is 461 g/mol. The van der Waals surface area contributed by atoms with E-state index in [4.69, 9.17) is 9.47 Å². The van der Waals surface area contributed by atoms with E-state index in [1.807, 2.05) is 0 Å². The standard InChI is InChI=1S/C24H19N3O7/c1-33-20-9-7-14(13-26-23(29)16-5-3-4-6-17(16)24(26)30)11-18(20)22(28)25-19-12-15(27(31)32)8-10-21(19)34-2/h3-12H,13H2,1-2H3,(H,25,28). The number of nitro groups is 1. The minimum absolute atomic E-state index is 0.0449. The van der Waals surface area contributed by atoms with Crippen LogP contribution in [0.4, 0.5) is 11.4 Å². The lowest BCUT2D eigenvalue weighted by atomic mass is 10.1. The molecule has 172 valence electrons. The van der Waals surface area contributed by atoms with Gasteiger partial charge in [-0.05, 0) is 35.9 Å². The van der Waals surface area contributed by atoms with Crippen LogP contribution in [-0.2, 0) is 6.54 Å². The smallest absolute Gasteiger partial charge is 0.271 e. The Morgan fingerprint density at radius 3 is 2.15 bits per heavy atom. The molecule has 10 heteroatoms. The summed E-state index contributed by atoms with van der Waals surface area (Å²) >= 11 is 0. The summed E-state index contributed by atoms with van der Waals surface area (Å²) in [5.41, 5.74) is 1.18. The summed E-state index contributed by atoms with van der Waals surface area (Å²) in [6.07, 6.45) is 0. The van der Waals surface area contributed by atoms with Gasteiger partial charge in [-0.25, -0.2) is 0 Å². The van der Waals surface area contributed by atoms with Crippen LogP contribution in [0.3, 0.4) is 0 Å². The van der Waals surface area contributed by atoms with Crippen LogP contribution in [0.1, 0.15) is 36.6 Å². The lowest BCUT2D eigenvalue weighted by Gasteiger charge is -2.16. The fraction of sp³-hybridized carbons (Fsp3) is 0.125. The van der Waals surface area contributed by atoms with E-state index in [2.05, 4.69) is 5.32 Å². The molecule has 0 spiro atoms. The summed E-state index contributed by atoms with van der Waals surface area (Å²) in [4.78, 5) is 50.1. The van der Waals surface area contributed by atoms with E-state index >= 15 is 0 Å². The Bertz CT molecular complexity index is 1300. The molecule has 0 radical (unpaired) electrons. The van der Waals surface area contributed by atoms with E-state index in [1.165, 1.54) is 38.5 Å². The van der Waals surface area contributed by atoms with Crippen molar-refractivity contribution in [3.63, 3.8) is 0 Å². The number of ether oxygens (including phenoxy) is 2. The third kappa shape index (κ3) is 4.04. The van der Waals surface area contributed by atoms with Gasteiger partial charge in [0.15, 0.2) is 0 Å². The lowest BCUT2D eigenvalue weighted by Crippen LogP contribution is -2.29. The van der Waals surface area contributed by atoms with Gasteiger partial charge in [0.25, 0.3) is 23.4 Å². The number of benzene rings is 3. The normalized spacial score (nSPS) is 12.4. The number of anilines is 1. The highest BCUT2D eigenvalue weighted by molar-refractivity contribution is 6.21. The number of hydrogen-bond acceptors (Lipinski definition) is 7. The number of carbonyl (C=O) groups excluding carboxylic acids is 3. The number of nitrogens with zero attached hydrogens (tertiary/aromatic N) is 2. The maximum atomic E-state index is 13.1. The van der Waals surface area contributed by atoms with E-state index in [0.29, 0.717) is 16.7 Å². The van der Waals surface area contributed by atoms with E-state index < -0.39 is 22.6 Å². The molecule has 3 aromatic carbocycles. The van der Waals surface area contributed by atoms with Gasteiger partial charge in [0.05, 0.1) is 48.1 Å². The van der Waals surface area contributed by atoms with Crippen molar-refractivity contribution in [2.45, 2.75) is 6.54 Å². The lowest BCUT2D eigenvalue weighted by molar-refractivity contribution is -0.384. The number of non-ortho nitro benzene ring substituents is 1. The maximum absolute atomic E-state index is 13.1. The summed E-state index contributed by atoms with van der Waals surface area (Å²) in [6, 6.07) is 15.1. The van der Waals surface area contributed by atoms with Gasteiger partial charge in [-0.2, -0.15) is 0 Å². The summed E-state index contributed by atoms with van der Waals surface area (Å²) < 4.78 is 10.5. The highest BCUT2D eigenvalue weighted by Gasteiger charge is 2.35. The van der Waals surface area contributed by atoms with Gasteiger partial charge >= 0.3 is 0 Å². The van der Waals surface area contributed by atoms with Gasteiger partial charge in [0.1, 0.15) is 11.5 Å². The zero-order chi connectivity index (χ0) is 24.4. The number of nitrogens with one attached hydrogen (secondary N) is 1. The molecule has 0 saturated heterocycles. The van der Waals surface area contributed by atoms with Crippen LogP contribution in [0.5, 0.6) is 11.5 Å². The molecule has 0 bridgehead atoms. The topological polar surface area (TPSA) is 128 Å². The van der Waals surface area contributed by atoms with Crippen LogP contribution < -0.4 is 14.8 Å². The van der Waals surface area contributed by atoms with Crippen LogP contribution in [0.15, 0.2) is 60.7 Å². The van der Waals surface area contributed by atoms with E-state index in [-0.39, 0.29) is 35.0 Å². The number of fused-ring (bicyclic) bond motifs is 1. The number of amides is 3. The number of methoxy groups -OCH3 is 2. The first kappa shape index (κ1) is 22.5. The number of hydrogen-bond donors (Lipinski definition) is 1. The van der Waals surface area contributed by atoms with Crippen molar-refractivity contribution in [2.24, 2.45) is 0 Å². The van der Waals surface area contributed by atoms with Crippen LogP contribution in [0, 0.1) is 10.1 Å². The number of rotatable bonds is 7. The Morgan fingerprint density at radius 2 is 1.56 bits per heavy atom. The Labute approximate surface area is 193 Å². The molecule has 0 aliphatic carbocycles. The van der Waals surface area contributed by atoms with Gasteiger partial charge in [-0.1, -0.05) is 18.2 Å². The Hall–Kier alpha value is -4.73. The quantitative estimate of drug-likeness (QED) is 0.323. The first-order valence-electron chi connectivity index (χ1n) is 10.1. The number of nitro benzene ring substituents is 1. The molecule has 1 N–H and O–H groups in total. The molecular weight excluding hydrogens is 442 g/mol. The molecule has 1 heterocycles.